The largest absolute Gasteiger partial charge is 0.486 e. The molecule has 0 unspecified atom stereocenters. The van der Waals surface area contributed by atoms with Crippen molar-refractivity contribution in [3.63, 3.8) is 0 Å². The minimum absolute atomic E-state index is 0.172. The summed E-state index contributed by atoms with van der Waals surface area (Å²) in [5.41, 5.74) is 5.86. The first-order valence-corrected chi connectivity index (χ1v) is 13.3. The van der Waals surface area contributed by atoms with Crippen LogP contribution in [0.5, 0.6) is 11.5 Å². The number of aryl methyl sites for hydroxylation is 2. The van der Waals surface area contributed by atoms with Gasteiger partial charge in [0.15, 0.2) is 11.5 Å². The Kier molecular flexibility index (Phi) is 7.58. The van der Waals surface area contributed by atoms with Gasteiger partial charge in [-0.25, -0.2) is 4.98 Å². The van der Waals surface area contributed by atoms with Crippen LogP contribution in [0.1, 0.15) is 33.1 Å². The molecule has 3 aromatic rings. The number of piperazine rings is 1. The third-order valence-electron chi connectivity index (χ3n) is 7.53. The summed E-state index contributed by atoms with van der Waals surface area (Å²) in [5, 5.41) is 13.5. The molecule has 0 aliphatic carbocycles. The second-order valence-corrected chi connectivity index (χ2v) is 10.1. The van der Waals surface area contributed by atoms with E-state index in [0.29, 0.717) is 42.8 Å². The maximum Gasteiger partial charge on any atom is 0.271 e. The van der Waals surface area contributed by atoms with Crippen molar-refractivity contribution < 1.29 is 19.4 Å². The number of β-amino-alcohol motifs (C(OH)–C–C–N with tert-alkyl or cyclic N) is 1. The van der Waals surface area contributed by atoms with Crippen LogP contribution in [0.15, 0.2) is 36.4 Å². The number of carbonyl (C=O) groups excluding carboxylic acids is 1. The molecule has 1 atom stereocenters. The molecule has 1 fully saturated rings. The molecule has 2 aromatic carbocycles. The van der Waals surface area contributed by atoms with Gasteiger partial charge in [0.25, 0.3) is 5.91 Å². The maximum absolute atomic E-state index is 13.0. The first-order valence-electron chi connectivity index (χ1n) is 13.3. The van der Waals surface area contributed by atoms with Gasteiger partial charge in [-0.2, -0.15) is 0 Å². The number of fused-ring (bicyclic) bond motifs is 1. The molecule has 0 bridgehead atoms. The highest BCUT2D eigenvalue weighted by Gasteiger charge is 2.23. The Morgan fingerprint density at radius 3 is 2.53 bits per heavy atom. The van der Waals surface area contributed by atoms with Crippen LogP contribution in [0.25, 0.3) is 5.69 Å². The summed E-state index contributed by atoms with van der Waals surface area (Å²) in [6.07, 6.45) is -0.660. The Morgan fingerprint density at radius 2 is 1.76 bits per heavy atom. The fourth-order valence-corrected chi connectivity index (χ4v) is 5.31. The predicted molar refractivity (Wildman–Crippen MR) is 147 cm³/mol. The van der Waals surface area contributed by atoms with E-state index in [-0.39, 0.29) is 12.5 Å². The Balaban J connectivity index is 1.15. The lowest BCUT2D eigenvalue weighted by atomic mass is 10.1. The number of ether oxygens (including phenoxy) is 2. The number of nitrogens with one attached hydrogen (secondary N) is 1. The molecule has 9 heteroatoms. The third kappa shape index (κ3) is 5.35. The van der Waals surface area contributed by atoms with Crippen LogP contribution < -0.4 is 19.7 Å². The minimum Gasteiger partial charge on any atom is -0.486 e. The second-order valence-electron chi connectivity index (χ2n) is 10.1. The molecule has 0 radical (unpaired) electrons. The van der Waals surface area contributed by atoms with Crippen molar-refractivity contribution in [2.45, 2.75) is 33.8 Å². The molecule has 5 rings (SSSR count). The second kappa shape index (κ2) is 11.0. The number of rotatable bonds is 7. The molecule has 3 heterocycles. The van der Waals surface area contributed by atoms with Crippen molar-refractivity contribution >= 4 is 11.6 Å². The first kappa shape index (κ1) is 26.1. The van der Waals surface area contributed by atoms with E-state index in [1.165, 1.54) is 16.8 Å². The van der Waals surface area contributed by atoms with Crippen LogP contribution >= 0.6 is 0 Å². The Morgan fingerprint density at radius 1 is 1.03 bits per heavy atom. The smallest absolute Gasteiger partial charge is 0.271 e. The third-order valence-corrected chi connectivity index (χ3v) is 7.53. The SMILES string of the molecule is Cc1cccc(N2CCN(C[C@H](O)CNC(=O)c3nc(C)n(-c4ccc5c(c4)OCCO5)c3C)CC2)c1C. The van der Waals surface area contributed by atoms with Crippen LogP contribution in [-0.4, -0.2) is 84.1 Å². The number of carbonyl (C=O) groups is 1. The molecule has 2 N–H and O–H groups in total. The lowest BCUT2D eigenvalue weighted by Gasteiger charge is -2.37. The number of hydrogen-bond donors (Lipinski definition) is 2. The molecular weight excluding hydrogens is 482 g/mol. The van der Waals surface area contributed by atoms with E-state index >= 15 is 0 Å². The quantitative estimate of drug-likeness (QED) is 0.496. The van der Waals surface area contributed by atoms with Gasteiger partial charge in [-0.3, -0.25) is 9.69 Å². The standard InChI is InChI=1S/C29H37N5O4/c1-19-6-5-7-25(20(19)2)33-12-10-32(11-13-33)18-24(35)17-30-29(36)28-21(3)34(22(4)31-28)23-8-9-26-27(16-23)38-15-14-37-26/h5-9,16,24,35H,10-15,17-18H2,1-4H3,(H,30,36)/t24-/m1/s1. The van der Waals surface area contributed by atoms with Gasteiger partial charge in [-0.1, -0.05) is 12.1 Å². The van der Waals surface area contributed by atoms with E-state index in [9.17, 15) is 9.90 Å². The highest BCUT2D eigenvalue weighted by atomic mass is 16.6. The van der Waals surface area contributed by atoms with E-state index in [4.69, 9.17) is 9.47 Å². The van der Waals surface area contributed by atoms with Crippen molar-refractivity contribution in [2.24, 2.45) is 0 Å². The van der Waals surface area contributed by atoms with Gasteiger partial charge in [0.05, 0.1) is 17.5 Å². The van der Waals surface area contributed by atoms with Gasteiger partial charge in [-0.15, -0.1) is 0 Å². The average molecular weight is 520 g/mol. The maximum atomic E-state index is 13.0. The Labute approximate surface area is 224 Å². The summed E-state index contributed by atoms with van der Waals surface area (Å²) < 4.78 is 13.3. The van der Waals surface area contributed by atoms with Crippen molar-refractivity contribution in [1.82, 2.24) is 19.8 Å². The van der Waals surface area contributed by atoms with Crippen molar-refractivity contribution in [3.8, 4) is 17.2 Å². The number of aromatic nitrogens is 2. The van der Waals surface area contributed by atoms with Gasteiger partial charge >= 0.3 is 0 Å². The van der Waals surface area contributed by atoms with Crippen molar-refractivity contribution in [3.05, 3.63) is 64.7 Å². The molecule has 2 aliphatic heterocycles. The highest BCUT2D eigenvalue weighted by Crippen LogP contribution is 2.33. The molecule has 1 saturated heterocycles. The first-order chi connectivity index (χ1) is 18.3. The molecule has 2 aliphatic rings. The van der Waals surface area contributed by atoms with Gasteiger partial charge < -0.3 is 29.4 Å². The van der Waals surface area contributed by atoms with Crippen LogP contribution in [0.4, 0.5) is 5.69 Å². The molecular formula is C29H37N5O4. The van der Waals surface area contributed by atoms with Crippen molar-refractivity contribution in [2.75, 3.05) is 57.4 Å². The summed E-state index contributed by atoms with van der Waals surface area (Å²) in [4.78, 5) is 22.2. The summed E-state index contributed by atoms with van der Waals surface area (Å²) in [6, 6.07) is 12.1. The van der Waals surface area contributed by atoms with Crippen LogP contribution in [0, 0.1) is 27.7 Å². The fraction of sp³-hybridized carbons (Fsp3) is 0.448. The Hall–Kier alpha value is -3.56. The highest BCUT2D eigenvalue weighted by molar-refractivity contribution is 5.93. The summed E-state index contributed by atoms with van der Waals surface area (Å²) in [5.74, 6) is 1.81. The minimum atomic E-state index is -0.660. The number of anilines is 1. The zero-order chi connectivity index (χ0) is 26.8. The summed E-state index contributed by atoms with van der Waals surface area (Å²) in [7, 11) is 0. The number of aliphatic hydroxyl groups excluding tert-OH is 1. The zero-order valence-corrected chi connectivity index (χ0v) is 22.7. The van der Waals surface area contributed by atoms with Gasteiger partial charge in [0.2, 0.25) is 0 Å². The van der Waals surface area contributed by atoms with Crippen LogP contribution in [-0.2, 0) is 0 Å². The van der Waals surface area contributed by atoms with Crippen LogP contribution in [0.3, 0.4) is 0 Å². The number of benzene rings is 2. The molecule has 9 nitrogen and oxygen atoms in total. The molecule has 1 amide bonds. The number of nitrogens with zero attached hydrogens (tertiary/aromatic N) is 4. The Bertz CT molecular complexity index is 1310. The molecule has 202 valence electrons. The lowest BCUT2D eigenvalue weighted by Crippen LogP contribution is -2.50. The number of hydrogen-bond acceptors (Lipinski definition) is 7. The summed E-state index contributed by atoms with van der Waals surface area (Å²) >= 11 is 0. The van der Waals surface area contributed by atoms with Gasteiger partial charge in [0, 0.05) is 51.0 Å². The topological polar surface area (TPSA) is 92.1 Å². The van der Waals surface area contributed by atoms with E-state index in [0.717, 1.165) is 37.6 Å². The normalized spacial score (nSPS) is 16.4. The van der Waals surface area contributed by atoms with E-state index in [2.05, 4.69) is 52.1 Å². The van der Waals surface area contributed by atoms with Gasteiger partial charge in [0.1, 0.15) is 24.7 Å². The number of aliphatic hydroxyl groups is 1. The van der Waals surface area contributed by atoms with Crippen molar-refractivity contribution in [1.29, 1.82) is 0 Å². The molecule has 0 saturated carbocycles. The van der Waals surface area contributed by atoms with Gasteiger partial charge in [-0.05, 0) is 57.0 Å². The van der Waals surface area contributed by atoms with E-state index < -0.39 is 6.10 Å². The molecule has 0 spiro atoms. The summed E-state index contributed by atoms with van der Waals surface area (Å²) in [6.45, 7) is 13.4. The zero-order valence-electron chi connectivity index (χ0n) is 22.7. The lowest BCUT2D eigenvalue weighted by molar-refractivity contribution is 0.0847. The van der Waals surface area contributed by atoms with E-state index in [1.54, 1.807) is 0 Å². The molecule has 38 heavy (non-hydrogen) atoms. The monoisotopic (exact) mass is 519 g/mol. The number of imidazole rings is 1. The number of amides is 1. The average Bonchev–Trinajstić information content (AvgIpc) is 3.22. The van der Waals surface area contributed by atoms with Crippen LogP contribution in [0.2, 0.25) is 0 Å². The predicted octanol–water partition coefficient (Wildman–Crippen LogP) is 2.79. The van der Waals surface area contributed by atoms with E-state index in [1.807, 2.05) is 36.6 Å². The molecule has 1 aromatic heterocycles. The fourth-order valence-electron chi connectivity index (χ4n) is 5.31.